The minimum Gasteiger partial charge on any atom is -0.351 e. The second-order valence-corrected chi connectivity index (χ2v) is 4.31. The summed E-state index contributed by atoms with van der Waals surface area (Å²) < 4.78 is 0. The van der Waals surface area contributed by atoms with Crippen LogP contribution in [0.5, 0.6) is 0 Å². The van der Waals surface area contributed by atoms with E-state index in [0.717, 1.165) is 5.75 Å². The summed E-state index contributed by atoms with van der Waals surface area (Å²) in [6, 6.07) is 8.54. The lowest BCUT2D eigenvalue weighted by molar-refractivity contribution is 0.0956. The molecule has 0 spiro atoms. The molecule has 0 aliphatic carbocycles. The van der Waals surface area contributed by atoms with Crippen molar-refractivity contribution in [2.24, 2.45) is 0 Å². The van der Waals surface area contributed by atoms with Crippen molar-refractivity contribution in [2.75, 3.05) is 18.1 Å². The molecule has 17 heavy (non-hydrogen) atoms. The van der Waals surface area contributed by atoms with Crippen LogP contribution in [-0.2, 0) is 0 Å². The van der Waals surface area contributed by atoms with E-state index in [9.17, 15) is 4.79 Å². The van der Waals surface area contributed by atoms with Crippen molar-refractivity contribution in [3.05, 3.63) is 35.4 Å². The number of carbonyl (C=O) groups is 1. The van der Waals surface area contributed by atoms with E-state index >= 15 is 0 Å². The highest BCUT2D eigenvalue weighted by molar-refractivity contribution is 7.99. The normalized spacial score (nSPS) is 9.06. The van der Waals surface area contributed by atoms with Crippen molar-refractivity contribution < 1.29 is 4.79 Å². The Hall–Kier alpha value is -1.91. The van der Waals surface area contributed by atoms with Crippen LogP contribution < -0.4 is 5.32 Å². The second-order valence-electron chi connectivity index (χ2n) is 3.20. The molecule has 0 saturated carbocycles. The minimum atomic E-state index is -0.129. The zero-order chi connectivity index (χ0) is 12.5. The van der Waals surface area contributed by atoms with Gasteiger partial charge in [-0.3, -0.25) is 4.79 Å². The molecule has 0 heterocycles. The van der Waals surface area contributed by atoms with E-state index in [1.54, 1.807) is 36.0 Å². The minimum absolute atomic E-state index is 0.129. The first-order valence-corrected chi connectivity index (χ1v) is 6.23. The molecule has 1 N–H and O–H groups in total. The molecule has 1 aromatic carbocycles. The average Bonchev–Trinajstić information content (AvgIpc) is 2.38. The van der Waals surface area contributed by atoms with E-state index in [1.165, 1.54) is 0 Å². The van der Waals surface area contributed by atoms with Crippen molar-refractivity contribution in [3.63, 3.8) is 0 Å². The molecule has 0 aromatic heterocycles. The van der Waals surface area contributed by atoms with Crippen molar-refractivity contribution in [3.8, 4) is 18.4 Å². The number of benzene rings is 1. The summed E-state index contributed by atoms with van der Waals surface area (Å²) >= 11 is 1.60. The number of rotatable bonds is 5. The summed E-state index contributed by atoms with van der Waals surface area (Å²) in [6.45, 7) is 0.588. The largest absolute Gasteiger partial charge is 0.351 e. The van der Waals surface area contributed by atoms with Gasteiger partial charge in [0.25, 0.3) is 5.91 Å². The third-order valence-corrected chi connectivity index (χ3v) is 2.86. The van der Waals surface area contributed by atoms with Gasteiger partial charge >= 0.3 is 0 Å². The molecule has 0 bridgehead atoms. The van der Waals surface area contributed by atoms with Crippen LogP contribution in [0.15, 0.2) is 24.3 Å². The molecule has 86 valence electrons. The Kier molecular flexibility index (Phi) is 5.71. The maximum absolute atomic E-state index is 11.6. The quantitative estimate of drug-likeness (QED) is 0.633. The zero-order valence-electron chi connectivity index (χ0n) is 9.27. The van der Waals surface area contributed by atoms with Gasteiger partial charge in [0.2, 0.25) is 0 Å². The van der Waals surface area contributed by atoms with Gasteiger partial charge in [0.1, 0.15) is 0 Å². The molecule has 1 amide bonds. The van der Waals surface area contributed by atoms with E-state index in [-0.39, 0.29) is 5.91 Å². The van der Waals surface area contributed by atoms with Crippen molar-refractivity contribution in [2.45, 2.75) is 0 Å². The summed E-state index contributed by atoms with van der Waals surface area (Å²) in [5.74, 6) is 3.85. The summed E-state index contributed by atoms with van der Waals surface area (Å²) in [5, 5.41) is 11.4. The summed E-state index contributed by atoms with van der Waals surface area (Å²) in [4.78, 5) is 11.6. The molecule has 1 rings (SSSR count). The maximum atomic E-state index is 11.6. The van der Waals surface area contributed by atoms with Crippen LogP contribution in [0, 0.1) is 23.7 Å². The Morgan fingerprint density at radius 2 is 2.12 bits per heavy atom. The number of carbonyl (C=O) groups excluding carboxylic acids is 1. The monoisotopic (exact) mass is 244 g/mol. The van der Waals surface area contributed by atoms with Crippen LogP contribution in [0.1, 0.15) is 15.9 Å². The highest BCUT2D eigenvalue weighted by Crippen LogP contribution is 2.03. The molecule has 3 nitrogen and oxygen atoms in total. The fourth-order valence-corrected chi connectivity index (χ4v) is 1.67. The van der Waals surface area contributed by atoms with E-state index in [4.69, 9.17) is 11.7 Å². The van der Waals surface area contributed by atoms with Crippen molar-refractivity contribution in [1.29, 1.82) is 5.26 Å². The van der Waals surface area contributed by atoms with Gasteiger partial charge < -0.3 is 5.32 Å². The Bertz CT molecular complexity index is 454. The van der Waals surface area contributed by atoms with Crippen LogP contribution in [0.25, 0.3) is 0 Å². The van der Waals surface area contributed by atoms with Gasteiger partial charge in [-0.1, -0.05) is 5.92 Å². The van der Waals surface area contributed by atoms with E-state index < -0.39 is 0 Å². The third kappa shape index (κ3) is 4.63. The molecule has 4 heteroatoms. The van der Waals surface area contributed by atoms with Gasteiger partial charge in [-0.05, 0) is 24.3 Å². The Morgan fingerprint density at radius 1 is 1.41 bits per heavy atom. The number of nitriles is 1. The van der Waals surface area contributed by atoms with E-state index in [1.807, 2.05) is 6.07 Å². The Morgan fingerprint density at radius 3 is 2.71 bits per heavy atom. The standard InChI is InChI=1S/C13H12N2OS/c1-2-8-17-9-7-15-13(16)12-5-3-11(10-14)4-6-12/h1,3-6H,7-9H2,(H,15,16). The number of nitrogens with zero attached hydrogens (tertiary/aromatic N) is 1. The second kappa shape index (κ2) is 7.38. The highest BCUT2D eigenvalue weighted by Gasteiger charge is 2.03. The first-order valence-electron chi connectivity index (χ1n) is 5.07. The molecular formula is C13H12N2OS. The molecule has 0 atom stereocenters. The lowest BCUT2D eigenvalue weighted by Crippen LogP contribution is -2.25. The van der Waals surface area contributed by atoms with Gasteiger partial charge in [0.15, 0.2) is 0 Å². The zero-order valence-corrected chi connectivity index (χ0v) is 10.1. The summed E-state index contributed by atoms with van der Waals surface area (Å²) in [5.41, 5.74) is 1.11. The Balaban J connectivity index is 2.37. The lowest BCUT2D eigenvalue weighted by atomic mass is 10.1. The number of hydrogen-bond acceptors (Lipinski definition) is 3. The summed E-state index contributed by atoms with van der Waals surface area (Å²) in [7, 11) is 0. The van der Waals surface area contributed by atoms with Gasteiger partial charge in [0, 0.05) is 17.9 Å². The van der Waals surface area contributed by atoms with E-state index in [2.05, 4.69) is 11.2 Å². The molecule has 1 aromatic rings. The van der Waals surface area contributed by atoms with Gasteiger partial charge in [-0.25, -0.2) is 0 Å². The smallest absolute Gasteiger partial charge is 0.251 e. The lowest BCUT2D eigenvalue weighted by Gasteiger charge is -2.04. The predicted octanol–water partition coefficient (Wildman–Crippen LogP) is 1.65. The topological polar surface area (TPSA) is 52.9 Å². The van der Waals surface area contributed by atoms with Crippen LogP contribution in [0.3, 0.4) is 0 Å². The van der Waals surface area contributed by atoms with Gasteiger partial charge in [-0.15, -0.1) is 18.2 Å². The van der Waals surface area contributed by atoms with E-state index in [0.29, 0.717) is 23.4 Å². The van der Waals surface area contributed by atoms with Crippen LogP contribution in [-0.4, -0.2) is 24.0 Å². The number of amides is 1. The van der Waals surface area contributed by atoms with Crippen LogP contribution in [0.4, 0.5) is 0 Å². The van der Waals surface area contributed by atoms with Crippen molar-refractivity contribution in [1.82, 2.24) is 5.32 Å². The number of thioether (sulfide) groups is 1. The molecule has 0 aliphatic rings. The predicted molar refractivity (Wildman–Crippen MR) is 69.6 cm³/mol. The highest BCUT2D eigenvalue weighted by atomic mass is 32.2. The molecule has 0 aliphatic heterocycles. The van der Waals surface area contributed by atoms with Gasteiger partial charge in [0.05, 0.1) is 17.4 Å². The summed E-state index contributed by atoms with van der Waals surface area (Å²) in [6.07, 6.45) is 5.10. The average molecular weight is 244 g/mol. The fraction of sp³-hybridized carbons (Fsp3) is 0.231. The Labute approximate surface area is 105 Å². The molecule has 0 fully saturated rings. The number of nitrogens with one attached hydrogen (secondary N) is 1. The van der Waals surface area contributed by atoms with Gasteiger partial charge in [-0.2, -0.15) is 5.26 Å². The number of hydrogen-bond donors (Lipinski definition) is 1. The maximum Gasteiger partial charge on any atom is 0.251 e. The molecule has 0 unspecified atom stereocenters. The first kappa shape index (κ1) is 13.2. The third-order valence-electron chi connectivity index (χ3n) is 1.99. The first-order chi connectivity index (χ1) is 8.27. The SMILES string of the molecule is C#CCSCCNC(=O)c1ccc(C#N)cc1. The van der Waals surface area contributed by atoms with Crippen LogP contribution >= 0.6 is 11.8 Å². The van der Waals surface area contributed by atoms with Crippen molar-refractivity contribution >= 4 is 17.7 Å². The number of terminal acetylenes is 1. The van der Waals surface area contributed by atoms with Crippen LogP contribution in [0.2, 0.25) is 0 Å². The molecule has 0 saturated heterocycles. The fourth-order valence-electron chi connectivity index (χ4n) is 1.17. The molecular weight excluding hydrogens is 232 g/mol. The molecule has 0 radical (unpaired) electrons.